The minimum Gasteiger partial charge on any atom is -0.364 e. The van der Waals surface area contributed by atoms with E-state index in [1.165, 1.54) is 6.07 Å². The van der Waals surface area contributed by atoms with Crippen LogP contribution in [-0.2, 0) is 12.7 Å². The Morgan fingerprint density at radius 2 is 1.95 bits per heavy atom. The van der Waals surface area contributed by atoms with Gasteiger partial charge in [0.25, 0.3) is 5.91 Å². The maximum atomic E-state index is 14.3. The van der Waals surface area contributed by atoms with E-state index in [4.69, 9.17) is 11.5 Å². The zero-order chi connectivity index (χ0) is 26.2. The van der Waals surface area contributed by atoms with Crippen LogP contribution >= 0.6 is 0 Å². The minimum absolute atomic E-state index is 0.172. The Morgan fingerprint density at radius 3 is 2.59 bits per heavy atom. The van der Waals surface area contributed by atoms with Crippen molar-refractivity contribution in [3.05, 3.63) is 89.0 Å². The number of aromatic nitrogens is 4. The number of nitrogens with zero attached hydrogens (tertiary/aromatic N) is 3. The lowest BCUT2D eigenvalue weighted by Crippen LogP contribution is -2.24. The van der Waals surface area contributed by atoms with Crippen LogP contribution in [0.2, 0.25) is 0 Å². The van der Waals surface area contributed by atoms with Crippen molar-refractivity contribution in [1.29, 1.82) is 0 Å². The van der Waals surface area contributed by atoms with Crippen LogP contribution in [0.3, 0.4) is 0 Å². The van der Waals surface area contributed by atoms with Crippen LogP contribution in [-0.4, -0.2) is 32.4 Å². The van der Waals surface area contributed by atoms with Gasteiger partial charge in [0.1, 0.15) is 5.69 Å². The number of hydrogen-bond donors (Lipinski definition) is 4. The predicted octanol–water partition coefficient (Wildman–Crippen LogP) is 3.93. The molecule has 1 unspecified atom stereocenters. The molecule has 0 bridgehead atoms. The number of alkyl halides is 3. The minimum atomic E-state index is -4.83. The summed E-state index contributed by atoms with van der Waals surface area (Å²) in [6.45, 7) is 0.946. The van der Waals surface area contributed by atoms with Gasteiger partial charge in [-0.25, -0.2) is 4.68 Å². The van der Waals surface area contributed by atoms with Crippen molar-refractivity contribution in [1.82, 2.24) is 25.3 Å². The number of nitrogens with one attached hydrogen (secondary N) is 2. The van der Waals surface area contributed by atoms with E-state index in [1.807, 2.05) is 6.07 Å². The summed E-state index contributed by atoms with van der Waals surface area (Å²) in [6, 6.07) is 12.8. The predicted molar refractivity (Wildman–Crippen MR) is 132 cm³/mol. The third-order valence-corrected chi connectivity index (χ3v) is 6.45. The lowest BCUT2D eigenvalue weighted by molar-refractivity contribution is -0.140. The smallest absolute Gasteiger partial charge is 0.364 e. The molecule has 2 aromatic heterocycles. The SMILES string of the molecule is NCc1cccc(-n2nc(C(F)(F)F)c(-c3cccc(C(NCC4CC4)c4cn[nH]c4)c3)c2C(N)=O)c1. The number of hydrogen-bond acceptors (Lipinski definition) is 5. The van der Waals surface area contributed by atoms with Crippen molar-refractivity contribution in [3.63, 3.8) is 0 Å². The van der Waals surface area contributed by atoms with Crippen molar-refractivity contribution < 1.29 is 18.0 Å². The molecule has 192 valence electrons. The van der Waals surface area contributed by atoms with E-state index >= 15 is 0 Å². The fourth-order valence-electron chi connectivity index (χ4n) is 4.45. The highest BCUT2D eigenvalue weighted by Gasteiger charge is 2.41. The van der Waals surface area contributed by atoms with E-state index in [2.05, 4.69) is 20.6 Å². The first-order valence-corrected chi connectivity index (χ1v) is 11.9. The average molecular weight is 510 g/mol. The molecule has 0 radical (unpaired) electrons. The zero-order valence-electron chi connectivity index (χ0n) is 19.8. The quantitative estimate of drug-likeness (QED) is 0.272. The molecule has 1 amide bonds. The number of H-pyrrole nitrogens is 1. The molecular formula is C26H26F3N7O. The molecular weight excluding hydrogens is 483 g/mol. The van der Waals surface area contributed by atoms with Gasteiger partial charge < -0.3 is 16.8 Å². The average Bonchev–Trinajstić information content (AvgIpc) is 3.37. The van der Waals surface area contributed by atoms with Crippen molar-refractivity contribution in [2.24, 2.45) is 17.4 Å². The first-order valence-electron chi connectivity index (χ1n) is 11.9. The first kappa shape index (κ1) is 24.7. The number of benzene rings is 2. The van der Waals surface area contributed by atoms with E-state index in [0.717, 1.165) is 35.2 Å². The number of rotatable bonds is 9. The van der Waals surface area contributed by atoms with E-state index < -0.39 is 17.8 Å². The fraction of sp³-hybridized carbons (Fsp3) is 0.269. The lowest BCUT2D eigenvalue weighted by atomic mass is 9.95. The summed E-state index contributed by atoms with van der Waals surface area (Å²) in [6.07, 6.45) is 0.880. The zero-order valence-corrected chi connectivity index (χ0v) is 19.8. The second kappa shape index (κ2) is 9.83. The van der Waals surface area contributed by atoms with Crippen LogP contribution in [0.25, 0.3) is 16.8 Å². The maximum absolute atomic E-state index is 14.3. The first-order chi connectivity index (χ1) is 17.8. The van der Waals surface area contributed by atoms with Gasteiger partial charge in [0.15, 0.2) is 5.69 Å². The monoisotopic (exact) mass is 509 g/mol. The van der Waals surface area contributed by atoms with Crippen LogP contribution in [0, 0.1) is 5.92 Å². The van der Waals surface area contributed by atoms with Gasteiger partial charge in [0, 0.05) is 23.9 Å². The van der Waals surface area contributed by atoms with Gasteiger partial charge in [-0.15, -0.1) is 0 Å². The molecule has 4 aromatic rings. The normalized spacial score (nSPS) is 14.6. The Hall–Kier alpha value is -3.96. The van der Waals surface area contributed by atoms with Gasteiger partial charge in [0.2, 0.25) is 0 Å². The third-order valence-electron chi connectivity index (χ3n) is 6.45. The Morgan fingerprint density at radius 1 is 1.16 bits per heavy atom. The lowest BCUT2D eigenvalue weighted by Gasteiger charge is -2.19. The maximum Gasteiger partial charge on any atom is 0.435 e. The molecule has 6 N–H and O–H groups in total. The molecule has 2 heterocycles. The van der Waals surface area contributed by atoms with Crippen molar-refractivity contribution in [3.8, 4) is 16.8 Å². The molecule has 37 heavy (non-hydrogen) atoms. The van der Waals surface area contributed by atoms with Gasteiger partial charge in [-0.05, 0) is 60.2 Å². The second-order valence-corrected chi connectivity index (χ2v) is 9.16. The summed E-state index contributed by atoms with van der Waals surface area (Å²) in [5, 5.41) is 14.2. The van der Waals surface area contributed by atoms with Gasteiger partial charge in [-0.2, -0.15) is 23.4 Å². The van der Waals surface area contributed by atoms with E-state index in [0.29, 0.717) is 11.5 Å². The number of carbonyl (C=O) groups is 1. The molecule has 1 aliphatic carbocycles. The molecule has 0 saturated heterocycles. The highest BCUT2D eigenvalue weighted by Crippen LogP contribution is 2.40. The highest BCUT2D eigenvalue weighted by atomic mass is 19.4. The van der Waals surface area contributed by atoms with Crippen molar-refractivity contribution in [2.75, 3.05) is 6.54 Å². The molecule has 8 nitrogen and oxygen atoms in total. The molecule has 1 fully saturated rings. The Kier molecular flexibility index (Phi) is 6.57. The summed E-state index contributed by atoms with van der Waals surface area (Å²) in [4.78, 5) is 12.6. The van der Waals surface area contributed by atoms with Crippen LogP contribution in [0.15, 0.2) is 60.9 Å². The number of nitrogens with two attached hydrogens (primary N) is 2. The summed E-state index contributed by atoms with van der Waals surface area (Å²) in [7, 11) is 0. The molecule has 1 saturated carbocycles. The topological polar surface area (TPSA) is 128 Å². The number of aromatic amines is 1. The molecule has 5 rings (SSSR count). The highest BCUT2D eigenvalue weighted by molar-refractivity contribution is 5.99. The van der Waals surface area contributed by atoms with E-state index in [-0.39, 0.29) is 35.1 Å². The second-order valence-electron chi connectivity index (χ2n) is 9.16. The van der Waals surface area contributed by atoms with E-state index in [1.54, 1.807) is 48.8 Å². The summed E-state index contributed by atoms with van der Waals surface area (Å²) in [5.74, 6) is -0.446. The van der Waals surface area contributed by atoms with Crippen molar-refractivity contribution >= 4 is 5.91 Å². The summed E-state index contributed by atoms with van der Waals surface area (Å²) >= 11 is 0. The van der Waals surface area contributed by atoms with Gasteiger partial charge >= 0.3 is 6.18 Å². The molecule has 0 aliphatic heterocycles. The summed E-state index contributed by atoms with van der Waals surface area (Å²) in [5.41, 5.74) is 12.1. The molecule has 2 aromatic carbocycles. The third kappa shape index (κ3) is 5.13. The van der Waals surface area contributed by atoms with E-state index in [9.17, 15) is 18.0 Å². The van der Waals surface area contributed by atoms with Gasteiger partial charge in [0.05, 0.1) is 17.9 Å². The fourth-order valence-corrected chi connectivity index (χ4v) is 4.45. The standard InChI is InChI=1S/C26H26F3N7O/c27-26(28,29)24-21(23(25(31)37)36(35-24)20-6-1-3-16(9-20)11-30)17-4-2-5-18(10-17)22(19-13-33-34-14-19)32-12-15-7-8-15/h1-6,9-10,13-15,22,32H,7-8,11-12,30H2,(H2,31,37)(H,33,34). The number of amides is 1. The number of primary amides is 1. The summed E-state index contributed by atoms with van der Waals surface area (Å²) < 4.78 is 43.8. The Labute approximate surface area is 210 Å². The molecule has 0 spiro atoms. The largest absolute Gasteiger partial charge is 0.435 e. The van der Waals surface area contributed by atoms with Crippen molar-refractivity contribution in [2.45, 2.75) is 31.6 Å². The van der Waals surface area contributed by atoms with Gasteiger partial charge in [-0.3, -0.25) is 9.89 Å². The molecule has 1 aliphatic rings. The van der Waals surface area contributed by atoms with Crippen LogP contribution < -0.4 is 16.8 Å². The van der Waals surface area contributed by atoms with Crippen LogP contribution in [0.1, 0.15) is 51.8 Å². The molecule has 1 atom stereocenters. The van der Waals surface area contributed by atoms with Gasteiger partial charge in [-0.1, -0.05) is 30.3 Å². The number of halogens is 3. The Bertz CT molecular complexity index is 1410. The number of carbonyl (C=O) groups excluding carboxylic acids is 1. The molecule has 11 heteroatoms. The van der Waals surface area contributed by atoms with Crippen LogP contribution in [0.4, 0.5) is 13.2 Å². The Balaban J connectivity index is 1.66. The van der Waals surface area contributed by atoms with Crippen LogP contribution in [0.5, 0.6) is 0 Å².